The molecule has 0 fully saturated rings. The highest BCUT2D eigenvalue weighted by Crippen LogP contribution is 2.32. The minimum absolute atomic E-state index is 0.0110. The second-order valence-corrected chi connectivity index (χ2v) is 8.78. The van der Waals surface area contributed by atoms with E-state index in [1.54, 1.807) is 4.57 Å². The van der Waals surface area contributed by atoms with Crippen LogP contribution in [0.25, 0.3) is 10.9 Å². The molecule has 0 unspecified atom stereocenters. The minimum Gasteiger partial charge on any atom is -0.311 e. The molecule has 0 saturated carbocycles. The van der Waals surface area contributed by atoms with Gasteiger partial charge >= 0.3 is 0 Å². The van der Waals surface area contributed by atoms with Gasteiger partial charge in [0.15, 0.2) is 5.16 Å². The van der Waals surface area contributed by atoms with Gasteiger partial charge in [0.2, 0.25) is 5.91 Å². The SMILES string of the molecule is CC[C@@H](C)n1c(S[C@@H](C)C(=O)N2CCc3ccccc32)nc2ccccc2c1=O. The summed E-state index contributed by atoms with van der Waals surface area (Å²) in [5, 5.41) is 0.880. The van der Waals surface area contributed by atoms with E-state index in [4.69, 9.17) is 4.98 Å². The summed E-state index contributed by atoms with van der Waals surface area (Å²) in [6.07, 6.45) is 1.69. The second-order valence-electron chi connectivity index (χ2n) is 7.47. The molecule has 150 valence electrons. The molecule has 0 N–H and O–H groups in total. The molecule has 0 aliphatic carbocycles. The topological polar surface area (TPSA) is 55.2 Å². The van der Waals surface area contributed by atoms with Gasteiger partial charge in [-0.3, -0.25) is 14.2 Å². The van der Waals surface area contributed by atoms with Gasteiger partial charge in [0, 0.05) is 18.3 Å². The number of anilines is 1. The third-order valence-electron chi connectivity index (χ3n) is 5.59. The Balaban J connectivity index is 1.68. The zero-order valence-electron chi connectivity index (χ0n) is 17.0. The van der Waals surface area contributed by atoms with Crippen molar-refractivity contribution in [2.45, 2.75) is 50.1 Å². The second kappa shape index (κ2) is 8.03. The number of fused-ring (bicyclic) bond motifs is 2. The van der Waals surface area contributed by atoms with E-state index in [9.17, 15) is 9.59 Å². The maximum absolute atomic E-state index is 13.2. The molecule has 1 aromatic heterocycles. The van der Waals surface area contributed by atoms with Crippen LogP contribution in [0.2, 0.25) is 0 Å². The highest BCUT2D eigenvalue weighted by Gasteiger charge is 2.29. The van der Waals surface area contributed by atoms with Gasteiger partial charge in [-0.15, -0.1) is 0 Å². The van der Waals surface area contributed by atoms with E-state index in [1.165, 1.54) is 17.3 Å². The van der Waals surface area contributed by atoms with E-state index in [-0.39, 0.29) is 22.8 Å². The molecule has 0 saturated heterocycles. The van der Waals surface area contributed by atoms with Crippen molar-refractivity contribution >= 4 is 34.3 Å². The molecule has 0 spiro atoms. The van der Waals surface area contributed by atoms with Crippen LogP contribution in [-0.4, -0.2) is 27.3 Å². The first kappa shape index (κ1) is 19.7. The van der Waals surface area contributed by atoms with Crippen molar-refractivity contribution < 1.29 is 4.79 Å². The number of hydrogen-bond acceptors (Lipinski definition) is 4. The number of carbonyl (C=O) groups excluding carboxylic acids is 1. The fraction of sp³-hybridized carbons (Fsp3) is 0.348. The Morgan fingerprint density at radius 3 is 2.66 bits per heavy atom. The summed E-state index contributed by atoms with van der Waals surface area (Å²) in [5.74, 6) is 0.0538. The lowest BCUT2D eigenvalue weighted by Gasteiger charge is -2.23. The smallest absolute Gasteiger partial charge is 0.262 e. The molecule has 1 aliphatic heterocycles. The summed E-state index contributed by atoms with van der Waals surface area (Å²) >= 11 is 1.37. The summed E-state index contributed by atoms with van der Waals surface area (Å²) in [6, 6.07) is 15.5. The van der Waals surface area contributed by atoms with Crippen LogP contribution < -0.4 is 10.5 Å². The van der Waals surface area contributed by atoms with Crippen molar-refractivity contribution in [2.24, 2.45) is 0 Å². The molecule has 2 heterocycles. The zero-order chi connectivity index (χ0) is 20.5. The van der Waals surface area contributed by atoms with Crippen LogP contribution >= 0.6 is 11.8 Å². The lowest BCUT2D eigenvalue weighted by Crippen LogP contribution is -2.36. The number of hydrogen-bond donors (Lipinski definition) is 0. The summed E-state index contributed by atoms with van der Waals surface area (Å²) in [5.41, 5.74) is 2.83. The average molecular weight is 408 g/mol. The quantitative estimate of drug-likeness (QED) is 0.464. The number of nitrogens with zero attached hydrogens (tertiary/aromatic N) is 3. The number of rotatable bonds is 5. The summed E-state index contributed by atoms with van der Waals surface area (Å²) in [7, 11) is 0. The molecular weight excluding hydrogens is 382 g/mol. The van der Waals surface area contributed by atoms with E-state index < -0.39 is 0 Å². The van der Waals surface area contributed by atoms with Crippen molar-refractivity contribution in [1.29, 1.82) is 0 Å². The number of para-hydroxylation sites is 2. The molecule has 0 bridgehead atoms. The molecule has 5 nitrogen and oxygen atoms in total. The van der Waals surface area contributed by atoms with Crippen molar-refractivity contribution in [3.8, 4) is 0 Å². The number of carbonyl (C=O) groups is 1. The van der Waals surface area contributed by atoms with Crippen LogP contribution in [-0.2, 0) is 11.2 Å². The van der Waals surface area contributed by atoms with Gasteiger partial charge in [-0.25, -0.2) is 4.98 Å². The first-order valence-electron chi connectivity index (χ1n) is 10.1. The first-order valence-corrected chi connectivity index (χ1v) is 11.0. The molecule has 1 aliphatic rings. The van der Waals surface area contributed by atoms with Crippen LogP contribution in [0.1, 0.15) is 38.8 Å². The fourth-order valence-electron chi connectivity index (χ4n) is 3.78. The Kier molecular flexibility index (Phi) is 5.46. The largest absolute Gasteiger partial charge is 0.311 e. The molecule has 4 rings (SSSR count). The van der Waals surface area contributed by atoms with Crippen molar-refractivity contribution in [2.75, 3.05) is 11.4 Å². The van der Waals surface area contributed by atoms with Gasteiger partial charge in [-0.05, 0) is 50.5 Å². The summed E-state index contributed by atoms with van der Waals surface area (Å²) < 4.78 is 1.74. The van der Waals surface area contributed by atoms with E-state index in [0.29, 0.717) is 22.6 Å². The maximum atomic E-state index is 13.2. The molecule has 6 heteroatoms. The third kappa shape index (κ3) is 3.57. The van der Waals surface area contributed by atoms with E-state index in [0.717, 1.165) is 18.5 Å². The number of benzene rings is 2. The fourth-order valence-corrected chi connectivity index (χ4v) is 4.85. The molecular formula is C23H25N3O2S. The average Bonchev–Trinajstić information content (AvgIpc) is 3.17. The van der Waals surface area contributed by atoms with Gasteiger partial charge in [0.1, 0.15) is 0 Å². The maximum Gasteiger partial charge on any atom is 0.262 e. The normalized spacial score (nSPS) is 15.3. The highest BCUT2D eigenvalue weighted by atomic mass is 32.2. The first-order chi connectivity index (χ1) is 14.0. The monoisotopic (exact) mass is 407 g/mol. The Morgan fingerprint density at radius 1 is 1.14 bits per heavy atom. The lowest BCUT2D eigenvalue weighted by molar-refractivity contribution is -0.117. The third-order valence-corrected chi connectivity index (χ3v) is 6.64. The van der Waals surface area contributed by atoms with Crippen LogP contribution in [0.5, 0.6) is 0 Å². The van der Waals surface area contributed by atoms with Gasteiger partial charge in [0.25, 0.3) is 5.56 Å². The minimum atomic E-state index is -0.343. The zero-order valence-corrected chi connectivity index (χ0v) is 17.8. The van der Waals surface area contributed by atoms with Crippen LogP contribution in [0.15, 0.2) is 58.5 Å². The number of amides is 1. The van der Waals surface area contributed by atoms with E-state index >= 15 is 0 Å². The van der Waals surface area contributed by atoms with Gasteiger partial charge in [0.05, 0.1) is 16.2 Å². The summed E-state index contributed by atoms with van der Waals surface area (Å²) in [4.78, 5) is 33.0. The molecule has 3 aromatic rings. The molecule has 29 heavy (non-hydrogen) atoms. The Labute approximate surface area is 174 Å². The Bertz CT molecular complexity index is 1120. The van der Waals surface area contributed by atoms with E-state index in [2.05, 4.69) is 13.0 Å². The van der Waals surface area contributed by atoms with Crippen LogP contribution in [0, 0.1) is 0 Å². The molecule has 2 aromatic carbocycles. The lowest BCUT2D eigenvalue weighted by atomic mass is 10.2. The van der Waals surface area contributed by atoms with Gasteiger partial charge in [-0.1, -0.05) is 49.0 Å². The molecule has 0 radical (unpaired) electrons. The van der Waals surface area contributed by atoms with Crippen molar-refractivity contribution in [3.63, 3.8) is 0 Å². The van der Waals surface area contributed by atoms with Crippen molar-refractivity contribution in [3.05, 3.63) is 64.4 Å². The standard InChI is InChI=1S/C23H25N3O2S/c1-4-15(2)26-22(28)18-10-6-7-11-19(18)24-23(26)29-16(3)21(27)25-14-13-17-9-5-8-12-20(17)25/h5-12,15-16H,4,13-14H2,1-3H3/t15-,16+/m1/s1. The number of thioether (sulfide) groups is 1. The predicted octanol–water partition coefficient (Wildman–Crippen LogP) is 4.44. The van der Waals surface area contributed by atoms with Crippen LogP contribution in [0.3, 0.4) is 0 Å². The molecule has 1 amide bonds. The van der Waals surface area contributed by atoms with E-state index in [1.807, 2.05) is 61.2 Å². The Hall–Kier alpha value is -2.60. The predicted molar refractivity (Wildman–Crippen MR) is 119 cm³/mol. The van der Waals surface area contributed by atoms with Gasteiger partial charge < -0.3 is 4.90 Å². The molecule has 2 atom stereocenters. The number of aromatic nitrogens is 2. The highest BCUT2D eigenvalue weighted by molar-refractivity contribution is 8.00. The summed E-state index contributed by atoms with van der Waals surface area (Å²) in [6.45, 7) is 6.67. The van der Waals surface area contributed by atoms with Crippen molar-refractivity contribution in [1.82, 2.24) is 9.55 Å². The van der Waals surface area contributed by atoms with Gasteiger partial charge in [-0.2, -0.15) is 0 Å². The van der Waals surface area contributed by atoms with Crippen LogP contribution in [0.4, 0.5) is 5.69 Å². The Morgan fingerprint density at radius 2 is 1.86 bits per heavy atom.